The summed E-state index contributed by atoms with van der Waals surface area (Å²) < 4.78 is 0. The van der Waals surface area contributed by atoms with Gasteiger partial charge in [-0.25, -0.2) is 0 Å². The molecule has 136 valence electrons. The van der Waals surface area contributed by atoms with Crippen LogP contribution in [0.5, 0.6) is 0 Å². The van der Waals surface area contributed by atoms with Gasteiger partial charge in [0.1, 0.15) is 12.1 Å². The minimum absolute atomic E-state index is 0. The molecule has 2 atom stereocenters. The Morgan fingerprint density at radius 2 is 1.18 bits per heavy atom. The summed E-state index contributed by atoms with van der Waals surface area (Å²) in [5.41, 5.74) is 0. The third kappa shape index (κ3) is 99.2. The van der Waals surface area contributed by atoms with Crippen LogP contribution < -0.4 is 0 Å². The number of allylic oxidation sites excluding steroid dienone is 2. The molecule has 0 heterocycles. The second-order valence-electron chi connectivity index (χ2n) is 4.39. The maximum Gasteiger partial charge on any atom is 0.129 e. The van der Waals surface area contributed by atoms with E-state index in [4.69, 9.17) is 10.2 Å². The maximum absolute atomic E-state index is 9.81. The Balaban J connectivity index is -0.0000000380. The van der Waals surface area contributed by atoms with E-state index in [0.717, 1.165) is 6.29 Å². The van der Waals surface area contributed by atoms with Crippen LogP contribution in [0.1, 0.15) is 48.0 Å². The second kappa shape index (κ2) is 31.9. The van der Waals surface area contributed by atoms with E-state index in [1.165, 1.54) is 0 Å². The van der Waals surface area contributed by atoms with E-state index in [-0.39, 0.29) is 22.7 Å². The molecular formula is C16H36O6. The van der Waals surface area contributed by atoms with E-state index in [0.29, 0.717) is 6.42 Å². The molecule has 0 bridgehead atoms. The average Bonchev–Trinajstić information content (AvgIpc) is 2.40. The molecule has 0 aromatic carbocycles. The largest absolute Gasteiger partial charge is 0.412 e. The number of ketones is 1. The average molecular weight is 324 g/mol. The Hall–Kier alpha value is -1.34. The van der Waals surface area contributed by atoms with Crippen LogP contribution in [0.15, 0.2) is 25.3 Å². The fourth-order valence-electron chi connectivity index (χ4n) is 0. The van der Waals surface area contributed by atoms with Crippen molar-refractivity contribution in [3.05, 3.63) is 25.3 Å². The van der Waals surface area contributed by atoms with E-state index in [2.05, 4.69) is 13.2 Å². The van der Waals surface area contributed by atoms with Crippen molar-refractivity contribution in [2.45, 2.75) is 60.2 Å². The fourth-order valence-corrected chi connectivity index (χ4v) is 0. The Morgan fingerprint density at radius 3 is 1.18 bits per heavy atom. The number of aliphatic hydroxyl groups excluding tert-OH is 2. The summed E-state index contributed by atoms with van der Waals surface area (Å²) >= 11 is 0. The lowest BCUT2D eigenvalue weighted by Crippen LogP contribution is -2.17. The van der Waals surface area contributed by atoms with Crippen LogP contribution in [0, 0.1) is 5.92 Å². The van der Waals surface area contributed by atoms with Crippen molar-refractivity contribution in [3.8, 4) is 0 Å². The molecule has 0 aliphatic heterocycles. The Morgan fingerprint density at radius 1 is 1.00 bits per heavy atom. The Kier molecular flexibility index (Phi) is 53.8. The van der Waals surface area contributed by atoms with Gasteiger partial charge >= 0.3 is 0 Å². The maximum atomic E-state index is 9.81. The minimum atomic E-state index is -0.593. The smallest absolute Gasteiger partial charge is 0.129 e. The molecule has 0 saturated heterocycles. The van der Waals surface area contributed by atoms with Crippen LogP contribution in [-0.2, 0) is 9.59 Å². The van der Waals surface area contributed by atoms with Crippen LogP contribution in [0.2, 0.25) is 0 Å². The van der Waals surface area contributed by atoms with E-state index >= 15 is 0 Å². The number of carbonyl (C=O) groups is 2. The van der Waals surface area contributed by atoms with Gasteiger partial charge in [-0.15, -0.1) is 0 Å². The molecule has 0 amide bonds. The zero-order valence-electron chi connectivity index (χ0n) is 14.8. The molecule has 0 aliphatic carbocycles. The predicted molar refractivity (Wildman–Crippen MR) is 92.9 cm³/mol. The van der Waals surface area contributed by atoms with Gasteiger partial charge in [0.15, 0.2) is 0 Å². The number of Topliss-reactive ketones (excluding diaryl/α,β-unsaturated/α-hetero) is 1. The van der Waals surface area contributed by atoms with E-state index in [1.807, 2.05) is 20.8 Å². The second-order valence-corrected chi connectivity index (χ2v) is 4.39. The van der Waals surface area contributed by atoms with Gasteiger partial charge in [0.25, 0.3) is 0 Å². The van der Waals surface area contributed by atoms with Crippen molar-refractivity contribution in [1.29, 1.82) is 0 Å². The quantitative estimate of drug-likeness (QED) is 0.594. The first-order valence-electron chi connectivity index (χ1n) is 6.64. The summed E-state index contributed by atoms with van der Waals surface area (Å²) in [5, 5.41) is 16.8. The first kappa shape index (κ1) is 37.2. The van der Waals surface area contributed by atoms with Gasteiger partial charge in [-0.05, 0) is 20.8 Å². The lowest BCUT2D eigenvalue weighted by atomic mass is 10.3. The first-order chi connectivity index (χ1) is 9.10. The molecule has 22 heavy (non-hydrogen) atoms. The summed E-state index contributed by atoms with van der Waals surface area (Å²) in [7, 11) is 0. The molecule has 0 aromatic rings. The van der Waals surface area contributed by atoms with Crippen molar-refractivity contribution in [3.63, 3.8) is 0 Å². The molecule has 0 saturated carbocycles. The highest BCUT2D eigenvalue weighted by Gasteiger charge is 1.99. The molecule has 0 spiro atoms. The van der Waals surface area contributed by atoms with Gasteiger partial charge in [0.05, 0.1) is 12.2 Å². The Bertz CT molecular complexity index is 223. The van der Waals surface area contributed by atoms with Crippen molar-refractivity contribution < 1.29 is 30.8 Å². The van der Waals surface area contributed by atoms with Crippen molar-refractivity contribution in [2.24, 2.45) is 5.92 Å². The highest BCUT2D eigenvalue weighted by Crippen LogP contribution is 1.85. The third-order valence-corrected chi connectivity index (χ3v) is 1.63. The zero-order chi connectivity index (χ0) is 17.1. The standard InChI is InChI=1S/C4H10O2.2C4H8O.C4H6.2H2O/c1-3(5)4(2)6;1-4(2)3-5;1-3-4(2)5;1-3-4-2;;/h3-6H,1-2H3;3-4H,1-2H3;3H2,1-2H3;3-4H,1-2H2;2*1H2. The normalized spacial score (nSPS) is 10.0. The molecule has 6 heteroatoms. The van der Waals surface area contributed by atoms with Gasteiger partial charge in [-0.1, -0.05) is 46.1 Å². The third-order valence-electron chi connectivity index (χ3n) is 1.63. The number of aldehydes is 1. The molecule has 0 aliphatic rings. The molecular weight excluding hydrogens is 288 g/mol. The number of aliphatic hydroxyl groups is 2. The van der Waals surface area contributed by atoms with Crippen molar-refractivity contribution in [1.82, 2.24) is 0 Å². The van der Waals surface area contributed by atoms with Crippen LogP contribution in [-0.4, -0.2) is 45.4 Å². The molecule has 6 nitrogen and oxygen atoms in total. The van der Waals surface area contributed by atoms with E-state index in [1.54, 1.807) is 32.9 Å². The van der Waals surface area contributed by atoms with Crippen LogP contribution >= 0.6 is 0 Å². The molecule has 0 fully saturated rings. The topological polar surface area (TPSA) is 138 Å². The molecule has 2 unspecified atom stereocenters. The molecule has 0 rings (SSSR count). The van der Waals surface area contributed by atoms with Gasteiger partial charge in [-0.2, -0.15) is 0 Å². The van der Waals surface area contributed by atoms with Gasteiger partial charge < -0.3 is 30.8 Å². The Labute approximate surface area is 135 Å². The van der Waals surface area contributed by atoms with Crippen molar-refractivity contribution in [2.75, 3.05) is 0 Å². The van der Waals surface area contributed by atoms with E-state index in [9.17, 15) is 9.59 Å². The number of rotatable bonds is 4. The van der Waals surface area contributed by atoms with Crippen LogP contribution in [0.4, 0.5) is 0 Å². The zero-order valence-corrected chi connectivity index (χ0v) is 14.8. The summed E-state index contributed by atoms with van der Waals surface area (Å²) in [4.78, 5) is 19.3. The monoisotopic (exact) mass is 324 g/mol. The lowest BCUT2D eigenvalue weighted by molar-refractivity contribution is -0.116. The highest BCUT2D eigenvalue weighted by molar-refractivity contribution is 5.74. The molecule has 0 aromatic heterocycles. The summed E-state index contributed by atoms with van der Waals surface area (Å²) in [6.07, 6.45) is 3.68. The number of hydrogen-bond acceptors (Lipinski definition) is 4. The summed E-state index contributed by atoms with van der Waals surface area (Å²) in [6.45, 7) is 17.0. The van der Waals surface area contributed by atoms with E-state index < -0.39 is 12.2 Å². The SMILES string of the molecule is C=CC=C.CC(C)C=O.CC(O)C(C)O.CCC(C)=O.O.O. The summed E-state index contributed by atoms with van der Waals surface area (Å²) in [5.74, 6) is 0.458. The number of carbonyl (C=O) groups excluding carboxylic acids is 2. The lowest BCUT2D eigenvalue weighted by Gasteiger charge is -2.03. The highest BCUT2D eigenvalue weighted by atomic mass is 16.3. The van der Waals surface area contributed by atoms with Crippen molar-refractivity contribution >= 4 is 12.1 Å². The van der Waals surface area contributed by atoms with Gasteiger partial charge in [0, 0.05) is 12.3 Å². The summed E-state index contributed by atoms with van der Waals surface area (Å²) in [6, 6.07) is 0. The van der Waals surface area contributed by atoms with Gasteiger partial charge in [0.2, 0.25) is 0 Å². The van der Waals surface area contributed by atoms with Gasteiger partial charge in [-0.3, -0.25) is 0 Å². The van der Waals surface area contributed by atoms with Crippen LogP contribution in [0.3, 0.4) is 0 Å². The first-order valence-corrected chi connectivity index (χ1v) is 6.64. The number of hydrogen-bond donors (Lipinski definition) is 2. The minimum Gasteiger partial charge on any atom is -0.412 e. The fraction of sp³-hybridized carbons (Fsp3) is 0.625. The molecule has 6 N–H and O–H groups in total. The van der Waals surface area contributed by atoms with Crippen LogP contribution in [0.25, 0.3) is 0 Å². The predicted octanol–water partition coefficient (Wildman–Crippen LogP) is 1.28. The molecule has 0 radical (unpaired) electrons.